The third-order valence-electron chi connectivity index (χ3n) is 3.74. The molecule has 0 atom stereocenters. The number of H-pyrrole nitrogens is 1. The van der Waals surface area contributed by atoms with Crippen LogP contribution in [0, 0.1) is 0 Å². The van der Waals surface area contributed by atoms with E-state index in [2.05, 4.69) is 10.1 Å². The van der Waals surface area contributed by atoms with Gasteiger partial charge in [-0.2, -0.15) is 5.10 Å². The molecule has 0 unspecified atom stereocenters. The first-order valence-electron chi connectivity index (χ1n) is 7.60. The molecule has 1 saturated heterocycles. The number of aromatic amines is 1. The van der Waals surface area contributed by atoms with Crippen LogP contribution in [0.15, 0.2) is 45.0 Å². The number of aromatic nitrogens is 2. The summed E-state index contributed by atoms with van der Waals surface area (Å²) in [5.41, 5.74) is -0.604. The van der Waals surface area contributed by atoms with Crippen LogP contribution in [0.2, 0.25) is 0 Å². The number of benzene rings is 1. The van der Waals surface area contributed by atoms with Gasteiger partial charge in [0.15, 0.2) is 0 Å². The molecule has 0 aliphatic carbocycles. The topological polar surface area (TPSA) is 99.9 Å². The molecule has 1 aliphatic rings. The maximum absolute atomic E-state index is 12.2. The Morgan fingerprint density at radius 3 is 2.54 bits per heavy atom. The van der Waals surface area contributed by atoms with Crippen molar-refractivity contribution in [1.29, 1.82) is 0 Å². The van der Waals surface area contributed by atoms with Gasteiger partial charge in [-0.1, -0.05) is 18.2 Å². The summed E-state index contributed by atoms with van der Waals surface area (Å²) in [6, 6.07) is 8.60. The van der Waals surface area contributed by atoms with Gasteiger partial charge in [0.1, 0.15) is 5.56 Å². The zero-order chi connectivity index (χ0) is 17.1. The second-order valence-corrected chi connectivity index (χ2v) is 5.38. The lowest BCUT2D eigenvalue weighted by Crippen LogP contribution is -2.35. The number of para-hydroxylation sites is 1. The van der Waals surface area contributed by atoms with Gasteiger partial charge in [0.2, 0.25) is 5.88 Å². The Balaban J connectivity index is 2.10. The molecule has 0 radical (unpaired) electrons. The highest BCUT2D eigenvalue weighted by Crippen LogP contribution is 2.17. The average molecular weight is 330 g/mol. The molecule has 3 rings (SSSR count). The van der Waals surface area contributed by atoms with E-state index in [1.54, 1.807) is 42.3 Å². The molecule has 0 amide bonds. The van der Waals surface area contributed by atoms with Gasteiger partial charge in [0, 0.05) is 0 Å². The summed E-state index contributed by atoms with van der Waals surface area (Å²) in [6.45, 7) is 3.95. The SMILES string of the molecule is CC(=NN1CCOCC1)c1c(O)n(-c2ccccc2)c(=O)[nH]c1=O. The zero-order valence-electron chi connectivity index (χ0n) is 13.2. The number of hydrogen-bond donors (Lipinski definition) is 2. The van der Waals surface area contributed by atoms with Crippen molar-refractivity contribution in [3.63, 3.8) is 0 Å². The Kier molecular flexibility index (Phi) is 4.48. The van der Waals surface area contributed by atoms with Crippen LogP contribution in [0.3, 0.4) is 0 Å². The number of nitrogens with one attached hydrogen (secondary N) is 1. The first-order chi connectivity index (χ1) is 11.6. The molecule has 1 aromatic carbocycles. The normalized spacial score (nSPS) is 15.5. The van der Waals surface area contributed by atoms with E-state index in [0.717, 1.165) is 4.57 Å². The minimum atomic E-state index is -0.702. The second kappa shape index (κ2) is 6.71. The lowest BCUT2D eigenvalue weighted by Gasteiger charge is -2.24. The van der Waals surface area contributed by atoms with Crippen LogP contribution in [0.5, 0.6) is 5.88 Å². The Hall–Kier alpha value is -2.87. The van der Waals surface area contributed by atoms with E-state index in [1.807, 2.05) is 0 Å². The molecule has 1 aromatic heterocycles. The van der Waals surface area contributed by atoms with E-state index < -0.39 is 17.1 Å². The van der Waals surface area contributed by atoms with E-state index in [-0.39, 0.29) is 5.56 Å². The Morgan fingerprint density at radius 2 is 1.88 bits per heavy atom. The fraction of sp³-hybridized carbons (Fsp3) is 0.312. The van der Waals surface area contributed by atoms with Gasteiger partial charge in [-0.3, -0.25) is 14.8 Å². The minimum absolute atomic E-state index is 0.0232. The van der Waals surface area contributed by atoms with Gasteiger partial charge >= 0.3 is 5.69 Å². The minimum Gasteiger partial charge on any atom is -0.493 e. The Morgan fingerprint density at radius 1 is 1.21 bits per heavy atom. The van der Waals surface area contributed by atoms with E-state index >= 15 is 0 Å². The fourth-order valence-electron chi connectivity index (χ4n) is 2.58. The number of rotatable bonds is 3. The van der Waals surface area contributed by atoms with E-state index in [9.17, 15) is 14.7 Å². The van der Waals surface area contributed by atoms with Crippen molar-refractivity contribution in [1.82, 2.24) is 14.6 Å². The molecule has 1 fully saturated rings. The van der Waals surface area contributed by atoms with Crippen LogP contribution in [0.25, 0.3) is 5.69 Å². The number of hydrogen-bond acceptors (Lipinski definition) is 6. The van der Waals surface area contributed by atoms with Gasteiger partial charge in [0.05, 0.1) is 37.7 Å². The molecule has 1 aliphatic heterocycles. The van der Waals surface area contributed by atoms with Crippen molar-refractivity contribution in [2.45, 2.75) is 6.92 Å². The van der Waals surface area contributed by atoms with Crippen LogP contribution in [0.1, 0.15) is 12.5 Å². The Bertz CT molecular complexity index is 864. The van der Waals surface area contributed by atoms with Crippen LogP contribution >= 0.6 is 0 Å². The van der Waals surface area contributed by atoms with Crippen LogP contribution in [-0.4, -0.2) is 51.7 Å². The van der Waals surface area contributed by atoms with Gasteiger partial charge in [0.25, 0.3) is 5.56 Å². The predicted molar refractivity (Wildman–Crippen MR) is 88.9 cm³/mol. The first-order valence-corrected chi connectivity index (χ1v) is 7.60. The highest BCUT2D eigenvalue weighted by molar-refractivity contribution is 6.00. The van der Waals surface area contributed by atoms with Crippen LogP contribution in [-0.2, 0) is 4.74 Å². The molecule has 0 saturated carbocycles. The van der Waals surface area contributed by atoms with E-state index in [0.29, 0.717) is 37.7 Å². The second-order valence-electron chi connectivity index (χ2n) is 5.38. The molecule has 126 valence electrons. The predicted octanol–water partition coefficient (Wildman–Crippen LogP) is 0.288. The summed E-state index contributed by atoms with van der Waals surface area (Å²) in [5.74, 6) is -0.426. The summed E-state index contributed by atoms with van der Waals surface area (Å²) >= 11 is 0. The highest BCUT2D eigenvalue weighted by Gasteiger charge is 2.19. The third kappa shape index (κ3) is 3.09. The summed E-state index contributed by atoms with van der Waals surface area (Å²) in [4.78, 5) is 26.5. The molecule has 2 heterocycles. The van der Waals surface area contributed by atoms with Crippen molar-refractivity contribution in [3.8, 4) is 11.6 Å². The zero-order valence-corrected chi connectivity index (χ0v) is 13.2. The molecule has 8 nitrogen and oxygen atoms in total. The maximum atomic E-state index is 12.2. The van der Waals surface area contributed by atoms with Crippen molar-refractivity contribution in [2.75, 3.05) is 26.3 Å². The summed E-state index contributed by atoms with van der Waals surface area (Å²) in [6.07, 6.45) is 0. The van der Waals surface area contributed by atoms with Gasteiger partial charge in [-0.15, -0.1) is 0 Å². The fourth-order valence-corrected chi connectivity index (χ4v) is 2.58. The monoisotopic (exact) mass is 330 g/mol. The van der Waals surface area contributed by atoms with Crippen LogP contribution < -0.4 is 11.2 Å². The Labute approximate surface area is 137 Å². The number of hydrazone groups is 1. The standard InChI is InChI=1S/C16H18N4O4/c1-11(18-19-7-9-24-10-8-19)13-14(21)17-16(23)20(15(13)22)12-5-3-2-4-6-12/h2-6,22H,7-10H2,1H3,(H,17,21,23). The van der Waals surface area contributed by atoms with Crippen molar-refractivity contribution >= 4 is 5.71 Å². The highest BCUT2D eigenvalue weighted by atomic mass is 16.5. The van der Waals surface area contributed by atoms with Crippen LogP contribution in [0.4, 0.5) is 0 Å². The lowest BCUT2D eigenvalue weighted by molar-refractivity contribution is 0.0393. The molecule has 2 aromatic rings. The number of morpholine rings is 1. The molecule has 24 heavy (non-hydrogen) atoms. The van der Waals surface area contributed by atoms with Crippen molar-refractivity contribution < 1.29 is 9.84 Å². The summed E-state index contributed by atoms with van der Waals surface area (Å²) < 4.78 is 6.30. The molecule has 2 N–H and O–H groups in total. The van der Waals surface area contributed by atoms with Gasteiger partial charge in [-0.05, 0) is 19.1 Å². The summed E-state index contributed by atoms with van der Waals surface area (Å²) in [7, 11) is 0. The van der Waals surface area contributed by atoms with Gasteiger partial charge in [-0.25, -0.2) is 9.36 Å². The molecule has 8 heteroatoms. The number of nitrogens with zero attached hydrogens (tertiary/aromatic N) is 3. The summed E-state index contributed by atoms with van der Waals surface area (Å²) in [5, 5.41) is 16.7. The average Bonchev–Trinajstić information content (AvgIpc) is 2.56. The third-order valence-corrected chi connectivity index (χ3v) is 3.74. The van der Waals surface area contributed by atoms with E-state index in [1.165, 1.54) is 0 Å². The molecule has 0 bridgehead atoms. The van der Waals surface area contributed by atoms with Crippen molar-refractivity contribution in [3.05, 3.63) is 56.7 Å². The van der Waals surface area contributed by atoms with Crippen molar-refractivity contribution in [2.24, 2.45) is 5.10 Å². The van der Waals surface area contributed by atoms with Gasteiger partial charge < -0.3 is 9.84 Å². The molecular formula is C16H18N4O4. The van der Waals surface area contributed by atoms with E-state index in [4.69, 9.17) is 4.74 Å². The number of aromatic hydroxyl groups is 1. The first kappa shape index (κ1) is 16.0. The number of ether oxygens (including phenoxy) is 1. The smallest absolute Gasteiger partial charge is 0.335 e. The maximum Gasteiger partial charge on any atom is 0.335 e. The quantitative estimate of drug-likeness (QED) is 0.788. The molecular weight excluding hydrogens is 312 g/mol. The lowest BCUT2D eigenvalue weighted by atomic mass is 10.2. The molecule has 0 spiro atoms. The largest absolute Gasteiger partial charge is 0.493 e.